The van der Waals surface area contributed by atoms with Crippen LogP contribution in [-0.4, -0.2) is 37.5 Å². The fourth-order valence-electron chi connectivity index (χ4n) is 3.48. The molecule has 2 atom stereocenters. The van der Waals surface area contributed by atoms with E-state index in [0.717, 1.165) is 16.9 Å². The Hall–Kier alpha value is -2.89. The van der Waals surface area contributed by atoms with E-state index in [1.165, 1.54) is 19.2 Å². The molecular formula is C21H22FNO4. The zero-order valence-electron chi connectivity index (χ0n) is 15.4. The molecule has 0 radical (unpaired) electrons. The molecular weight excluding hydrogens is 349 g/mol. The third-order valence-corrected chi connectivity index (χ3v) is 4.98. The van der Waals surface area contributed by atoms with Gasteiger partial charge in [-0.05, 0) is 35.4 Å². The molecule has 1 aliphatic heterocycles. The van der Waals surface area contributed by atoms with Crippen molar-refractivity contribution in [3.05, 3.63) is 65.5 Å². The monoisotopic (exact) mass is 371 g/mol. The number of carbonyl (C=O) groups is 2. The Morgan fingerprint density at radius 1 is 1.11 bits per heavy atom. The molecule has 0 saturated carbocycles. The first-order valence-electron chi connectivity index (χ1n) is 8.76. The predicted molar refractivity (Wildman–Crippen MR) is 97.7 cm³/mol. The van der Waals surface area contributed by atoms with Crippen molar-refractivity contribution in [2.45, 2.75) is 18.9 Å². The van der Waals surface area contributed by atoms with E-state index in [-0.39, 0.29) is 36.6 Å². The molecule has 3 rings (SSSR count). The Morgan fingerprint density at radius 2 is 1.78 bits per heavy atom. The average molecular weight is 371 g/mol. The van der Waals surface area contributed by atoms with Crippen molar-refractivity contribution in [1.82, 2.24) is 4.90 Å². The molecule has 1 fully saturated rings. The lowest BCUT2D eigenvalue weighted by molar-refractivity contribution is -0.151. The molecule has 0 spiro atoms. The van der Waals surface area contributed by atoms with Gasteiger partial charge in [0.05, 0.1) is 20.1 Å². The number of benzene rings is 2. The quantitative estimate of drug-likeness (QED) is 0.758. The highest BCUT2D eigenvalue weighted by molar-refractivity contribution is 5.83. The third-order valence-electron chi connectivity index (χ3n) is 4.98. The van der Waals surface area contributed by atoms with Crippen molar-refractivity contribution in [2.75, 3.05) is 20.8 Å². The van der Waals surface area contributed by atoms with Gasteiger partial charge < -0.3 is 14.4 Å². The molecule has 1 heterocycles. The van der Waals surface area contributed by atoms with Crippen LogP contribution in [0.15, 0.2) is 48.5 Å². The van der Waals surface area contributed by atoms with E-state index in [4.69, 9.17) is 9.47 Å². The summed E-state index contributed by atoms with van der Waals surface area (Å²) in [6.45, 7) is 0.673. The SMILES string of the molecule is COC(=O)[C@@H]1CN(Cc2ccc(OC)cc2)C(=O)CC1c1ccc(F)cc1. The average Bonchev–Trinajstić information content (AvgIpc) is 2.70. The van der Waals surface area contributed by atoms with Gasteiger partial charge in [0.25, 0.3) is 0 Å². The minimum Gasteiger partial charge on any atom is -0.497 e. The van der Waals surface area contributed by atoms with Crippen molar-refractivity contribution in [2.24, 2.45) is 5.92 Å². The van der Waals surface area contributed by atoms with Crippen LogP contribution in [0.3, 0.4) is 0 Å². The van der Waals surface area contributed by atoms with Gasteiger partial charge in [0.1, 0.15) is 11.6 Å². The number of ether oxygens (including phenoxy) is 2. The van der Waals surface area contributed by atoms with Crippen LogP contribution in [0.25, 0.3) is 0 Å². The van der Waals surface area contributed by atoms with E-state index < -0.39 is 5.92 Å². The first-order valence-corrected chi connectivity index (χ1v) is 8.76. The largest absolute Gasteiger partial charge is 0.497 e. The lowest BCUT2D eigenvalue weighted by Crippen LogP contribution is -2.46. The number of hydrogen-bond donors (Lipinski definition) is 0. The zero-order chi connectivity index (χ0) is 19.4. The molecule has 27 heavy (non-hydrogen) atoms. The van der Waals surface area contributed by atoms with E-state index in [1.807, 2.05) is 24.3 Å². The second kappa shape index (κ2) is 8.20. The fraction of sp³-hybridized carbons (Fsp3) is 0.333. The van der Waals surface area contributed by atoms with Crippen molar-refractivity contribution < 1.29 is 23.5 Å². The van der Waals surface area contributed by atoms with Gasteiger partial charge >= 0.3 is 5.97 Å². The normalized spacial score (nSPS) is 19.7. The second-order valence-corrected chi connectivity index (χ2v) is 6.61. The Balaban J connectivity index is 1.80. The van der Waals surface area contributed by atoms with Crippen molar-refractivity contribution in [1.29, 1.82) is 0 Å². The number of piperidine rings is 1. The summed E-state index contributed by atoms with van der Waals surface area (Å²) < 4.78 is 23.3. The van der Waals surface area contributed by atoms with Gasteiger partial charge in [-0.25, -0.2) is 4.39 Å². The summed E-state index contributed by atoms with van der Waals surface area (Å²) in [5.74, 6) is -0.824. The lowest BCUT2D eigenvalue weighted by atomic mass is 9.80. The Morgan fingerprint density at radius 3 is 2.37 bits per heavy atom. The predicted octanol–water partition coefficient (Wildman–Crippen LogP) is 3.14. The number of halogens is 1. The number of methoxy groups -OCH3 is 2. The minimum atomic E-state index is -0.489. The van der Waals surface area contributed by atoms with Crippen LogP contribution < -0.4 is 4.74 Å². The lowest BCUT2D eigenvalue weighted by Gasteiger charge is -2.37. The maximum Gasteiger partial charge on any atom is 0.311 e. The molecule has 2 aromatic rings. The van der Waals surface area contributed by atoms with Crippen molar-refractivity contribution in [3.8, 4) is 5.75 Å². The van der Waals surface area contributed by atoms with Crippen LogP contribution in [0, 0.1) is 11.7 Å². The van der Waals surface area contributed by atoms with Crippen LogP contribution >= 0.6 is 0 Å². The molecule has 1 saturated heterocycles. The molecule has 6 heteroatoms. The third kappa shape index (κ3) is 4.27. The van der Waals surface area contributed by atoms with Gasteiger partial charge in [-0.3, -0.25) is 9.59 Å². The molecule has 1 unspecified atom stereocenters. The van der Waals surface area contributed by atoms with Gasteiger partial charge in [-0.1, -0.05) is 24.3 Å². The standard InChI is InChI=1S/C21H22FNO4/c1-26-17-9-3-14(4-10-17)12-23-13-19(21(25)27-2)18(11-20(23)24)15-5-7-16(22)8-6-15/h3-10,18-19H,11-13H2,1-2H3/t18?,19-/m1/s1. The van der Waals surface area contributed by atoms with E-state index >= 15 is 0 Å². The summed E-state index contributed by atoms with van der Waals surface area (Å²) in [6, 6.07) is 13.4. The van der Waals surface area contributed by atoms with Crippen LogP contribution in [-0.2, 0) is 20.9 Å². The van der Waals surface area contributed by atoms with Crippen LogP contribution in [0.1, 0.15) is 23.5 Å². The summed E-state index contributed by atoms with van der Waals surface area (Å²) in [5, 5.41) is 0. The summed E-state index contributed by atoms with van der Waals surface area (Å²) in [5.41, 5.74) is 1.72. The molecule has 142 valence electrons. The van der Waals surface area contributed by atoms with Crippen LogP contribution in [0.4, 0.5) is 4.39 Å². The van der Waals surface area contributed by atoms with E-state index in [1.54, 1.807) is 24.1 Å². The summed E-state index contributed by atoms with van der Waals surface area (Å²) in [4.78, 5) is 26.7. The molecule has 2 aromatic carbocycles. The zero-order valence-corrected chi connectivity index (χ0v) is 15.4. The Kier molecular flexibility index (Phi) is 5.74. The molecule has 0 aliphatic carbocycles. The molecule has 0 bridgehead atoms. The van der Waals surface area contributed by atoms with Gasteiger partial charge in [0, 0.05) is 25.4 Å². The van der Waals surface area contributed by atoms with Crippen LogP contribution in [0.2, 0.25) is 0 Å². The molecule has 5 nitrogen and oxygen atoms in total. The number of hydrogen-bond acceptors (Lipinski definition) is 4. The van der Waals surface area contributed by atoms with Crippen molar-refractivity contribution >= 4 is 11.9 Å². The van der Waals surface area contributed by atoms with Crippen molar-refractivity contribution in [3.63, 3.8) is 0 Å². The Labute approximate surface area is 157 Å². The van der Waals surface area contributed by atoms with Gasteiger partial charge in [0.2, 0.25) is 5.91 Å². The number of amides is 1. The highest BCUT2D eigenvalue weighted by Crippen LogP contribution is 2.35. The first-order chi connectivity index (χ1) is 13.0. The summed E-state index contributed by atoms with van der Waals surface area (Å²) >= 11 is 0. The van der Waals surface area contributed by atoms with Crippen LogP contribution in [0.5, 0.6) is 5.75 Å². The number of likely N-dealkylation sites (tertiary alicyclic amines) is 1. The van der Waals surface area contributed by atoms with E-state index in [9.17, 15) is 14.0 Å². The topological polar surface area (TPSA) is 55.8 Å². The summed E-state index contributed by atoms with van der Waals surface area (Å²) in [7, 11) is 2.94. The Bertz CT molecular complexity index is 804. The van der Waals surface area contributed by atoms with Gasteiger partial charge in [0.15, 0.2) is 0 Å². The fourth-order valence-corrected chi connectivity index (χ4v) is 3.48. The number of nitrogens with zero attached hydrogens (tertiary/aromatic N) is 1. The maximum absolute atomic E-state index is 13.2. The molecule has 0 aromatic heterocycles. The molecule has 1 aliphatic rings. The number of rotatable bonds is 5. The number of carbonyl (C=O) groups excluding carboxylic acids is 2. The molecule has 1 amide bonds. The minimum absolute atomic E-state index is 0.0414. The highest BCUT2D eigenvalue weighted by atomic mass is 19.1. The number of esters is 1. The van der Waals surface area contributed by atoms with E-state index in [2.05, 4.69) is 0 Å². The van der Waals surface area contributed by atoms with E-state index in [0.29, 0.717) is 6.54 Å². The smallest absolute Gasteiger partial charge is 0.311 e. The first kappa shape index (κ1) is 18.9. The molecule has 0 N–H and O–H groups in total. The van der Waals surface area contributed by atoms with Gasteiger partial charge in [-0.2, -0.15) is 0 Å². The maximum atomic E-state index is 13.2. The van der Waals surface area contributed by atoms with Gasteiger partial charge in [-0.15, -0.1) is 0 Å². The summed E-state index contributed by atoms with van der Waals surface area (Å²) in [6.07, 6.45) is 0.182. The highest BCUT2D eigenvalue weighted by Gasteiger charge is 2.39. The second-order valence-electron chi connectivity index (χ2n) is 6.61.